The highest BCUT2D eigenvalue weighted by atomic mass is 32.1. The minimum atomic E-state index is -0.369. The van der Waals surface area contributed by atoms with Crippen molar-refractivity contribution < 1.29 is 8.78 Å². The van der Waals surface area contributed by atoms with Gasteiger partial charge in [-0.1, -0.05) is 6.07 Å². The van der Waals surface area contributed by atoms with Gasteiger partial charge in [-0.25, -0.2) is 9.37 Å². The molecule has 0 aliphatic carbocycles. The van der Waals surface area contributed by atoms with Crippen molar-refractivity contribution in [1.29, 1.82) is 0 Å². The van der Waals surface area contributed by atoms with Crippen molar-refractivity contribution in [2.45, 2.75) is 0 Å². The number of nitrogens with zero attached hydrogens (tertiary/aromatic N) is 4. The van der Waals surface area contributed by atoms with Crippen molar-refractivity contribution in [3.63, 3.8) is 0 Å². The van der Waals surface area contributed by atoms with Crippen LogP contribution in [0.15, 0.2) is 61.1 Å². The monoisotopic (exact) mass is 430 g/mol. The molecule has 5 aromatic heterocycles. The lowest BCUT2D eigenvalue weighted by atomic mass is 10.0. The molecule has 0 atom stereocenters. The molecule has 0 radical (unpaired) electrons. The van der Waals surface area contributed by atoms with Crippen molar-refractivity contribution in [3.05, 3.63) is 72.0 Å². The molecule has 0 fully saturated rings. The first-order chi connectivity index (χ1) is 15.2. The van der Waals surface area contributed by atoms with Crippen molar-refractivity contribution in [2.75, 3.05) is 0 Å². The molecule has 2 N–H and O–H groups in total. The molecule has 6 aromatic rings. The summed E-state index contributed by atoms with van der Waals surface area (Å²) in [6.07, 6.45) is 4.90. The van der Waals surface area contributed by atoms with E-state index in [2.05, 4.69) is 25.1 Å². The first kappa shape index (κ1) is 17.8. The van der Waals surface area contributed by atoms with E-state index in [-0.39, 0.29) is 10.9 Å². The van der Waals surface area contributed by atoms with E-state index in [0.29, 0.717) is 44.2 Å². The zero-order chi connectivity index (χ0) is 20.9. The number of thiophene rings is 1. The van der Waals surface area contributed by atoms with Crippen molar-refractivity contribution >= 4 is 33.3 Å². The lowest BCUT2D eigenvalue weighted by Gasteiger charge is -2.03. The maximum absolute atomic E-state index is 14.7. The minimum absolute atomic E-state index is 0.284. The quantitative estimate of drug-likeness (QED) is 0.385. The number of aromatic nitrogens is 6. The predicted octanol–water partition coefficient (Wildman–Crippen LogP) is 5.57. The summed E-state index contributed by atoms with van der Waals surface area (Å²) in [5.41, 5.74) is 4.17. The van der Waals surface area contributed by atoms with Crippen LogP contribution in [0.1, 0.15) is 0 Å². The summed E-state index contributed by atoms with van der Waals surface area (Å²) in [4.78, 5) is 17.1. The average molecular weight is 430 g/mol. The Bertz CT molecular complexity index is 1570. The Morgan fingerprint density at radius 3 is 2.68 bits per heavy atom. The van der Waals surface area contributed by atoms with Gasteiger partial charge in [0.05, 0.1) is 15.9 Å². The molecule has 0 amide bonds. The topological polar surface area (TPSA) is 83.1 Å². The zero-order valence-electron chi connectivity index (χ0n) is 15.7. The molecule has 0 spiro atoms. The number of aromatic amines is 2. The van der Waals surface area contributed by atoms with Gasteiger partial charge < -0.3 is 4.98 Å². The maximum atomic E-state index is 14.7. The third-order valence-electron chi connectivity index (χ3n) is 5.05. The molecule has 0 aliphatic rings. The molecule has 0 bridgehead atoms. The van der Waals surface area contributed by atoms with Crippen molar-refractivity contribution in [2.24, 2.45) is 0 Å². The number of H-pyrrole nitrogens is 2. The fourth-order valence-corrected chi connectivity index (χ4v) is 4.36. The number of pyridine rings is 2. The molecule has 1 aromatic carbocycles. The van der Waals surface area contributed by atoms with Gasteiger partial charge >= 0.3 is 0 Å². The van der Waals surface area contributed by atoms with Crippen LogP contribution in [-0.2, 0) is 0 Å². The standard InChI is InChI=1S/C22H12F2N6S/c23-14-9-16-13(8-12(14)11-2-1-6-25-10-11)19(30-29-16)22-27-15-5-7-26-21(20(15)28-22)17-3-4-18(24)31-17/h1-10H,(H,27,28)(H,29,30). The Labute approximate surface area is 177 Å². The van der Waals surface area contributed by atoms with Crippen LogP contribution in [0, 0.1) is 10.9 Å². The third kappa shape index (κ3) is 2.89. The van der Waals surface area contributed by atoms with E-state index in [9.17, 15) is 8.78 Å². The Morgan fingerprint density at radius 1 is 0.935 bits per heavy atom. The van der Waals surface area contributed by atoms with Crippen LogP contribution >= 0.6 is 11.3 Å². The Balaban J connectivity index is 1.54. The van der Waals surface area contributed by atoms with Crippen molar-refractivity contribution in [1.82, 2.24) is 30.1 Å². The smallest absolute Gasteiger partial charge is 0.177 e. The van der Waals surface area contributed by atoms with Crippen LogP contribution in [0.5, 0.6) is 0 Å². The first-order valence-electron chi connectivity index (χ1n) is 9.36. The molecule has 0 saturated carbocycles. The number of benzene rings is 1. The second kappa shape index (κ2) is 6.78. The molecule has 0 aliphatic heterocycles. The largest absolute Gasteiger partial charge is 0.336 e. The summed E-state index contributed by atoms with van der Waals surface area (Å²) < 4.78 is 28.2. The second-order valence-electron chi connectivity index (χ2n) is 6.94. The van der Waals surface area contributed by atoms with Gasteiger partial charge in [-0.2, -0.15) is 9.49 Å². The van der Waals surface area contributed by atoms with Crippen molar-refractivity contribution in [3.8, 4) is 33.2 Å². The summed E-state index contributed by atoms with van der Waals surface area (Å²) in [6.45, 7) is 0. The van der Waals surface area contributed by atoms with E-state index >= 15 is 0 Å². The fourth-order valence-electron chi connectivity index (χ4n) is 3.63. The fraction of sp³-hybridized carbons (Fsp3) is 0. The number of imidazole rings is 1. The summed E-state index contributed by atoms with van der Waals surface area (Å²) in [7, 11) is 0. The van der Waals surface area contributed by atoms with Crippen LogP contribution in [0.2, 0.25) is 0 Å². The highest BCUT2D eigenvalue weighted by Gasteiger charge is 2.18. The maximum Gasteiger partial charge on any atom is 0.177 e. The molecule has 9 heteroatoms. The summed E-state index contributed by atoms with van der Waals surface area (Å²) in [6, 6.07) is 11.6. The minimum Gasteiger partial charge on any atom is -0.336 e. The molecule has 0 unspecified atom stereocenters. The molecule has 6 rings (SSSR count). The van der Waals surface area contributed by atoms with Gasteiger partial charge in [0.1, 0.15) is 22.7 Å². The Kier molecular flexibility index (Phi) is 3.90. The van der Waals surface area contributed by atoms with Gasteiger partial charge in [-0.3, -0.25) is 15.1 Å². The van der Waals surface area contributed by atoms with Gasteiger partial charge in [0.25, 0.3) is 0 Å². The molecule has 0 saturated heterocycles. The number of hydrogen-bond donors (Lipinski definition) is 2. The number of halogens is 2. The molecule has 150 valence electrons. The van der Waals surface area contributed by atoms with E-state index in [1.54, 1.807) is 48.9 Å². The van der Waals surface area contributed by atoms with Crippen LogP contribution in [0.3, 0.4) is 0 Å². The predicted molar refractivity (Wildman–Crippen MR) is 115 cm³/mol. The van der Waals surface area contributed by atoms with E-state index in [1.807, 2.05) is 0 Å². The SMILES string of the molecule is Fc1ccc(-c2nccc3[nH]c(-c4n[nH]c5cc(F)c(-c6cccnc6)cc45)nc23)s1. The summed E-state index contributed by atoms with van der Waals surface area (Å²) in [5.74, 6) is 0.141. The Morgan fingerprint density at radius 2 is 1.87 bits per heavy atom. The van der Waals surface area contributed by atoms with Crippen LogP contribution in [0.4, 0.5) is 8.78 Å². The van der Waals surface area contributed by atoms with Gasteiger partial charge in [-0.15, -0.1) is 11.3 Å². The van der Waals surface area contributed by atoms with Crippen LogP contribution in [0.25, 0.3) is 55.2 Å². The lowest BCUT2D eigenvalue weighted by molar-refractivity contribution is 0.632. The Hall–Kier alpha value is -3.98. The third-order valence-corrected chi connectivity index (χ3v) is 5.94. The highest BCUT2D eigenvalue weighted by Crippen LogP contribution is 2.34. The van der Waals surface area contributed by atoms with Gasteiger partial charge in [0.2, 0.25) is 0 Å². The summed E-state index contributed by atoms with van der Waals surface area (Å²) in [5, 5.41) is 7.67. The molecular weight excluding hydrogens is 418 g/mol. The summed E-state index contributed by atoms with van der Waals surface area (Å²) >= 11 is 1.01. The molecule has 5 heterocycles. The second-order valence-corrected chi connectivity index (χ2v) is 7.97. The van der Waals surface area contributed by atoms with Crippen LogP contribution < -0.4 is 0 Å². The number of hydrogen-bond acceptors (Lipinski definition) is 5. The normalized spacial score (nSPS) is 11.5. The molecule has 31 heavy (non-hydrogen) atoms. The average Bonchev–Trinajstić information content (AvgIpc) is 3.50. The molecular formula is C22H12F2N6S. The molecule has 6 nitrogen and oxygen atoms in total. The van der Waals surface area contributed by atoms with E-state index < -0.39 is 0 Å². The number of nitrogens with one attached hydrogen (secondary N) is 2. The zero-order valence-corrected chi connectivity index (χ0v) is 16.5. The highest BCUT2D eigenvalue weighted by molar-refractivity contribution is 7.13. The number of rotatable bonds is 3. The van der Waals surface area contributed by atoms with Gasteiger partial charge in [0.15, 0.2) is 11.0 Å². The van der Waals surface area contributed by atoms with Gasteiger partial charge in [-0.05, 0) is 30.3 Å². The van der Waals surface area contributed by atoms with E-state index in [0.717, 1.165) is 22.2 Å². The van der Waals surface area contributed by atoms with Gasteiger partial charge in [0, 0.05) is 41.2 Å². The van der Waals surface area contributed by atoms with E-state index in [4.69, 9.17) is 4.98 Å². The first-order valence-corrected chi connectivity index (χ1v) is 10.2. The number of fused-ring (bicyclic) bond motifs is 2. The lowest BCUT2D eigenvalue weighted by Crippen LogP contribution is -1.87. The van der Waals surface area contributed by atoms with E-state index in [1.165, 1.54) is 12.1 Å². The van der Waals surface area contributed by atoms with Crippen LogP contribution in [-0.4, -0.2) is 30.1 Å².